The molecule has 182 valence electrons. The van der Waals surface area contributed by atoms with E-state index in [0.29, 0.717) is 22.3 Å². The molecule has 0 heterocycles. The number of hydrogen-bond acceptors (Lipinski definition) is 5. The normalized spacial score (nSPS) is 10.8. The molecule has 4 rings (SSSR count). The minimum atomic E-state index is -0.522. The molecule has 0 bridgehead atoms. The van der Waals surface area contributed by atoms with E-state index < -0.39 is 11.7 Å². The number of para-hydroxylation sites is 1. The maximum absolute atomic E-state index is 13.7. The molecule has 1 N–H and O–H groups in total. The highest BCUT2D eigenvalue weighted by atomic mass is 35.5. The lowest BCUT2D eigenvalue weighted by Crippen LogP contribution is -2.20. The molecule has 36 heavy (non-hydrogen) atoms. The number of methoxy groups -OCH3 is 1. The van der Waals surface area contributed by atoms with E-state index in [0.717, 1.165) is 17.0 Å². The van der Waals surface area contributed by atoms with Crippen LogP contribution in [-0.4, -0.2) is 25.8 Å². The number of carbonyl (C=O) groups excluding carboxylic acids is 1. The van der Waals surface area contributed by atoms with Crippen molar-refractivity contribution >= 4 is 35.1 Å². The molecular formula is C28H22ClFN2O4. The van der Waals surface area contributed by atoms with Crippen molar-refractivity contribution < 1.29 is 23.4 Å². The number of amides is 1. The van der Waals surface area contributed by atoms with E-state index in [9.17, 15) is 9.18 Å². The molecule has 6 nitrogen and oxygen atoms in total. The summed E-state index contributed by atoms with van der Waals surface area (Å²) in [5, 5.41) is 2.77. The molecule has 0 radical (unpaired) electrons. The summed E-state index contributed by atoms with van der Waals surface area (Å²) < 4.78 is 30.2. The summed E-state index contributed by atoms with van der Waals surface area (Å²) in [7, 11) is 1.61. The summed E-state index contributed by atoms with van der Waals surface area (Å²) >= 11 is 6.30. The quantitative estimate of drug-likeness (QED) is 0.248. The summed E-state index contributed by atoms with van der Waals surface area (Å²) in [6.45, 7) is -0.314. The van der Waals surface area contributed by atoms with Crippen molar-refractivity contribution in [3.63, 3.8) is 0 Å². The predicted octanol–water partition coefficient (Wildman–Crippen LogP) is 7.05. The van der Waals surface area contributed by atoms with Crippen LogP contribution >= 0.6 is 11.6 Å². The minimum Gasteiger partial charge on any atom is -0.497 e. The van der Waals surface area contributed by atoms with E-state index in [1.54, 1.807) is 49.7 Å². The summed E-state index contributed by atoms with van der Waals surface area (Å²) in [5.41, 5.74) is 1.57. The molecule has 1 amide bonds. The number of nitrogens with one attached hydrogen (secondary N) is 1. The highest BCUT2D eigenvalue weighted by Crippen LogP contribution is 2.28. The Bertz CT molecular complexity index is 1380. The van der Waals surface area contributed by atoms with Crippen LogP contribution < -0.4 is 19.5 Å². The lowest BCUT2D eigenvalue weighted by atomic mass is 10.2. The summed E-state index contributed by atoms with van der Waals surface area (Å²) in [6.07, 6.45) is 1.67. The number of nitrogens with zero attached hydrogens (tertiary/aromatic N) is 1. The zero-order valence-corrected chi connectivity index (χ0v) is 20.0. The van der Waals surface area contributed by atoms with E-state index in [2.05, 4.69) is 10.3 Å². The first-order valence-corrected chi connectivity index (χ1v) is 11.3. The van der Waals surface area contributed by atoms with Crippen LogP contribution in [0.4, 0.5) is 15.8 Å². The van der Waals surface area contributed by atoms with Crippen LogP contribution in [0, 0.1) is 5.82 Å². The second-order valence-electron chi connectivity index (χ2n) is 7.54. The molecule has 4 aromatic rings. The first kappa shape index (κ1) is 24.8. The van der Waals surface area contributed by atoms with E-state index in [1.165, 1.54) is 12.1 Å². The Morgan fingerprint density at radius 2 is 1.72 bits per heavy atom. The van der Waals surface area contributed by atoms with Gasteiger partial charge in [-0.25, -0.2) is 4.39 Å². The van der Waals surface area contributed by atoms with Gasteiger partial charge in [-0.3, -0.25) is 9.79 Å². The van der Waals surface area contributed by atoms with Crippen molar-refractivity contribution in [3.05, 3.63) is 107 Å². The first-order chi connectivity index (χ1) is 17.5. The van der Waals surface area contributed by atoms with Gasteiger partial charge in [-0.1, -0.05) is 29.8 Å². The summed E-state index contributed by atoms with van der Waals surface area (Å²) in [5.74, 6) is 1.37. The molecule has 0 spiro atoms. The smallest absolute Gasteiger partial charge is 0.262 e. The molecule has 0 aliphatic heterocycles. The topological polar surface area (TPSA) is 69.1 Å². The van der Waals surface area contributed by atoms with Crippen LogP contribution in [0.3, 0.4) is 0 Å². The second kappa shape index (κ2) is 11.9. The van der Waals surface area contributed by atoms with Crippen molar-refractivity contribution in [2.24, 2.45) is 4.99 Å². The molecule has 0 saturated carbocycles. The second-order valence-corrected chi connectivity index (χ2v) is 7.95. The van der Waals surface area contributed by atoms with E-state index >= 15 is 0 Å². The lowest BCUT2D eigenvalue weighted by Gasteiger charge is -2.09. The molecule has 0 aliphatic rings. The first-order valence-electron chi connectivity index (χ1n) is 10.9. The zero-order valence-electron chi connectivity index (χ0n) is 19.3. The number of anilines is 1. The van der Waals surface area contributed by atoms with Gasteiger partial charge in [0.15, 0.2) is 6.61 Å². The molecule has 0 atom stereocenters. The van der Waals surface area contributed by atoms with Crippen LogP contribution in [-0.2, 0) is 4.79 Å². The van der Waals surface area contributed by atoms with Crippen LogP contribution in [0.2, 0.25) is 5.02 Å². The standard InChI is InChI=1S/C28H22ClFN2O4/c1-34-22-5-4-6-23(16-22)36-21-12-10-20(11-13-21)31-17-19-9-14-27(24(29)15-19)35-18-28(33)32-26-8-3-2-7-25(26)30/h2-17H,18H2,1H3,(H,32,33). The number of aliphatic imine (C=N–C) groups is 1. The number of halogens is 2. The third-order valence-electron chi connectivity index (χ3n) is 4.94. The van der Waals surface area contributed by atoms with Crippen LogP contribution in [0.25, 0.3) is 0 Å². The summed E-state index contributed by atoms with van der Waals surface area (Å²) in [6, 6.07) is 25.6. The van der Waals surface area contributed by atoms with E-state index in [-0.39, 0.29) is 12.3 Å². The summed E-state index contributed by atoms with van der Waals surface area (Å²) in [4.78, 5) is 16.5. The maximum atomic E-state index is 13.7. The zero-order chi connectivity index (χ0) is 25.3. The van der Waals surface area contributed by atoms with Crippen LogP contribution in [0.5, 0.6) is 23.0 Å². The molecule has 8 heteroatoms. The highest BCUT2D eigenvalue weighted by molar-refractivity contribution is 6.32. The van der Waals surface area contributed by atoms with Crippen LogP contribution in [0.1, 0.15) is 5.56 Å². The fourth-order valence-electron chi connectivity index (χ4n) is 3.16. The lowest BCUT2D eigenvalue weighted by molar-refractivity contribution is -0.118. The van der Waals surface area contributed by atoms with Gasteiger partial charge >= 0.3 is 0 Å². The monoisotopic (exact) mass is 504 g/mol. The van der Waals surface area contributed by atoms with Gasteiger partial charge in [-0.05, 0) is 72.3 Å². The van der Waals surface area contributed by atoms with Crippen molar-refractivity contribution in [3.8, 4) is 23.0 Å². The number of ether oxygens (including phenoxy) is 3. The average molecular weight is 505 g/mol. The molecule has 4 aromatic carbocycles. The third-order valence-corrected chi connectivity index (χ3v) is 5.23. The Morgan fingerprint density at radius 1 is 0.944 bits per heavy atom. The maximum Gasteiger partial charge on any atom is 0.262 e. The highest BCUT2D eigenvalue weighted by Gasteiger charge is 2.09. The number of carbonyl (C=O) groups is 1. The van der Waals surface area contributed by atoms with Crippen molar-refractivity contribution in [2.45, 2.75) is 0 Å². The van der Waals surface area contributed by atoms with Crippen LogP contribution in [0.15, 0.2) is 96.0 Å². The Hall–Kier alpha value is -4.36. The number of rotatable bonds is 9. The van der Waals surface area contributed by atoms with Gasteiger partial charge < -0.3 is 19.5 Å². The van der Waals surface area contributed by atoms with Crippen molar-refractivity contribution in [1.82, 2.24) is 0 Å². The minimum absolute atomic E-state index is 0.0867. The van der Waals surface area contributed by atoms with Gasteiger partial charge in [0.05, 0.1) is 23.5 Å². The Morgan fingerprint density at radius 3 is 2.47 bits per heavy atom. The Balaban J connectivity index is 1.32. The third kappa shape index (κ3) is 6.84. The van der Waals surface area contributed by atoms with Crippen molar-refractivity contribution in [2.75, 3.05) is 19.0 Å². The SMILES string of the molecule is COc1cccc(Oc2ccc(N=Cc3ccc(OCC(=O)Nc4ccccc4F)c(Cl)c3)cc2)c1. The number of benzene rings is 4. The van der Waals surface area contributed by atoms with E-state index in [1.807, 2.05) is 42.5 Å². The molecule has 0 fully saturated rings. The number of hydrogen-bond donors (Lipinski definition) is 1. The fraction of sp³-hybridized carbons (Fsp3) is 0.0714. The van der Waals surface area contributed by atoms with Gasteiger partial charge in [-0.2, -0.15) is 0 Å². The van der Waals surface area contributed by atoms with Gasteiger partial charge in [-0.15, -0.1) is 0 Å². The average Bonchev–Trinajstić information content (AvgIpc) is 2.89. The largest absolute Gasteiger partial charge is 0.497 e. The molecular weight excluding hydrogens is 483 g/mol. The Labute approximate surface area is 212 Å². The van der Waals surface area contributed by atoms with Gasteiger partial charge in [0.2, 0.25) is 0 Å². The molecule has 0 aromatic heterocycles. The van der Waals surface area contributed by atoms with Gasteiger partial charge in [0.1, 0.15) is 28.8 Å². The molecule has 0 saturated heterocycles. The van der Waals surface area contributed by atoms with E-state index in [4.69, 9.17) is 25.8 Å². The fourth-order valence-corrected chi connectivity index (χ4v) is 3.40. The Kier molecular flexibility index (Phi) is 8.16. The molecule has 0 aliphatic carbocycles. The predicted molar refractivity (Wildman–Crippen MR) is 139 cm³/mol. The molecule has 0 unspecified atom stereocenters. The van der Waals surface area contributed by atoms with Gasteiger partial charge in [0.25, 0.3) is 5.91 Å². The van der Waals surface area contributed by atoms with Crippen molar-refractivity contribution in [1.29, 1.82) is 0 Å². The van der Waals surface area contributed by atoms with Gasteiger partial charge in [0, 0.05) is 12.3 Å².